The number of rotatable bonds is 5. The van der Waals surface area contributed by atoms with E-state index in [1.165, 1.54) is 18.3 Å². The highest BCUT2D eigenvalue weighted by molar-refractivity contribution is 9.10. The molecule has 0 radical (unpaired) electrons. The molecule has 0 aliphatic carbocycles. The Kier molecular flexibility index (Phi) is 4.69. The maximum absolute atomic E-state index is 12.5. The predicted molar refractivity (Wildman–Crippen MR) is 91.7 cm³/mol. The van der Waals surface area contributed by atoms with Crippen molar-refractivity contribution in [1.82, 2.24) is 4.90 Å². The highest BCUT2D eigenvalue weighted by Gasteiger charge is 2.40. The molecule has 1 amide bonds. The van der Waals surface area contributed by atoms with Gasteiger partial charge in [0.05, 0.1) is 24.2 Å². The van der Waals surface area contributed by atoms with Crippen LogP contribution in [0, 0.1) is 0 Å². The fraction of sp³-hybridized carbons (Fsp3) is 0.312. The van der Waals surface area contributed by atoms with E-state index in [0.29, 0.717) is 21.5 Å². The van der Waals surface area contributed by atoms with Crippen LogP contribution in [0.3, 0.4) is 0 Å². The van der Waals surface area contributed by atoms with Crippen molar-refractivity contribution in [3.63, 3.8) is 0 Å². The van der Waals surface area contributed by atoms with Gasteiger partial charge in [-0.1, -0.05) is 0 Å². The Balaban J connectivity index is 1.67. The largest absolute Gasteiger partial charge is 0.497 e. The summed E-state index contributed by atoms with van der Waals surface area (Å²) in [7, 11) is -1.82. The number of benzene rings is 1. The zero-order valence-electron chi connectivity index (χ0n) is 12.9. The van der Waals surface area contributed by atoms with Crippen molar-refractivity contribution in [2.75, 3.05) is 20.2 Å². The van der Waals surface area contributed by atoms with Crippen LogP contribution in [0.4, 0.5) is 0 Å². The molecule has 0 spiro atoms. The Bertz CT molecular complexity index is 841. The van der Waals surface area contributed by atoms with E-state index in [1.807, 2.05) is 0 Å². The van der Waals surface area contributed by atoms with Crippen LogP contribution in [0.2, 0.25) is 0 Å². The minimum Gasteiger partial charge on any atom is -0.497 e. The number of amides is 1. The summed E-state index contributed by atoms with van der Waals surface area (Å²) < 4.78 is 35.5. The molecule has 8 heteroatoms. The van der Waals surface area contributed by atoms with Gasteiger partial charge in [-0.25, -0.2) is 8.42 Å². The van der Waals surface area contributed by atoms with Crippen LogP contribution in [-0.4, -0.2) is 44.7 Å². The summed E-state index contributed by atoms with van der Waals surface area (Å²) >= 11 is 3.34. The fourth-order valence-corrected chi connectivity index (χ4v) is 4.53. The maximum atomic E-state index is 12.5. The zero-order chi connectivity index (χ0) is 17.3. The topological polar surface area (TPSA) is 76.8 Å². The summed E-state index contributed by atoms with van der Waals surface area (Å²) in [6.07, 6.45) is 1.45. The quantitative estimate of drug-likeness (QED) is 0.752. The average molecular weight is 414 g/mol. The van der Waals surface area contributed by atoms with Crippen LogP contribution in [0.1, 0.15) is 16.1 Å². The fourth-order valence-electron chi connectivity index (χ4n) is 2.51. The second-order valence-electron chi connectivity index (χ2n) is 5.56. The van der Waals surface area contributed by atoms with Crippen molar-refractivity contribution >= 4 is 31.7 Å². The Hall–Kier alpha value is -1.80. The molecule has 1 aromatic heterocycles. The first-order chi connectivity index (χ1) is 11.4. The number of halogens is 1. The SMILES string of the molecule is COc1ccc(Br)c(C(=O)N2CC(S(=O)(=O)Cc3ccco3)C2)c1. The van der Waals surface area contributed by atoms with E-state index in [1.54, 1.807) is 30.3 Å². The number of hydrogen-bond donors (Lipinski definition) is 0. The standard InChI is InChI=1S/C16H16BrNO5S/c1-22-11-4-5-15(17)14(7-11)16(19)18-8-13(9-18)24(20,21)10-12-3-2-6-23-12/h2-7,13H,8-10H2,1H3. The molecule has 0 bridgehead atoms. The molecule has 1 aliphatic heterocycles. The summed E-state index contributed by atoms with van der Waals surface area (Å²) in [5, 5.41) is -0.559. The van der Waals surface area contributed by atoms with E-state index in [0.717, 1.165) is 0 Å². The van der Waals surface area contributed by atoms with E-state index in [9.17, 15) is 13.2 Å². The molecule has 1 aromatic carbocycles. The Labute approximate surface area is 148 Å². The number of likely N-dealkylation sites (tertiary alicyclic amines) is 1. The highest BCUT2D eigenvalue weighted by Crippen LogP contribution is 2.27. The van der Waals surface area contributed by atoms with Crippen molar-refractivity contribution in [2.45, 2.75) is 11.0 Å². The minimum atomic E-state index is -3.34. The molecule has 2 aromatic rings. The van der Waals surface area contributed by atoms with Crippen molar-refractivity contribution in [3.05, 3.63) is 52.4 Å². The monoisotopic (exact) mass is 413 g/mol. The number of carbonyl (C=O) groups excluding carboxylic acids is 1. The van der Waals surface area contributed by atoms with Gasteiger partial charge in [0.15, 0.2) is 9.84 Å². The van der Waals surface area contributed by atoms with Gasteiger partial charge >= 0.3 is 0 Å². The van der Waals surface area contributed by atoms with Gasteiger partial charge in [-0.05, 0) is 46.3 Å². The highest BCUT2D eigenvalue weighted by atomic mass is 79.9. The smallest absolute Gasteiger partial charge is 0.255 e. The second-order valence-corrected chi connectivity index (χ2v) is 8.70. The van der Waals surface area contributed by atoms with Gasteiger partial charge in [0, 0.05) is 17.6 Å². The lowest BCUT2D eigenvalue weighted by Crippen LogP contribution is -2.57. The van der Waals surface area contributed by atoms with Crippen LogP contribution in [-0.2, 0) is 15.6 Å². The van der Waals surface area contributed by atoms with Crippen LogP contribution in [0.15, 0.2) is 45.5 Å². The third kappa shape index (κ3) is 3.34. The normalized spacial score (nSPS) is 15.2. The summed E-state index contributed by atoms with van der Waals surface area (Å²) in [5.41, 5.74) is 0.455. The number of hydrogen-bond acceptors (Lipinski definition) is 5. The van der Waals surface area contributed by atoms with E-state index < -0.39 is 15.1 Å². The van der Waals surface area contributed by atoms with Gasteiger partial charge in [0.2, 0.25) is 0 Å². The molecule has 0 saturated carbocycles. The lowest BCUT2D eigenvalue weighted by Gasteiger charge is -2.38. The van der Waals surface area contributed by atoms with E-state index in [-0.39, 0.29) is 24.7 Å². The minimum absolute atomic E-state index is 0.143. The van der Waals surface area contributed by atoms with Gasteiger partial charge in [-0.15, -0.1) is 0 Å². The zero-order valence-corrected chi connectivity index (χ0v) is 15.3. The number of methoxy groups -OCH3 is 1. The number of furan rings is 1. The van der Waals surface area contributed by atoms with Crippen LogP contribution in [0.5, 0.6) is 5.75 Å². The number of sulfone groups is 1. The molecule has 0 N–H and O–H groups in total. The number of carbonyl (C=O) groups is 1. The molecule has 1 saturated heterocycles. The number of ether oxygens (including phenoxy) is 1. The molecule has 128 valence electrons. The summed E-state index contributed by atoms with van der Waals surface area (Å²) in [6.45, 7) is 0.372. The second kappa shape index (κ2) is 6.60. The Morgan fingerprint density at radius 2 is 2.12 bits per heavy atom. The van der Waals surface area contributed by atoms with Crippen LogP contribution >= 0.6 is 15.9 Å². The first-order valence-corrected chi connectivity index (χ1v) is 9.78. The Morgan fingerprint density at radius 3 is 2.75 bits per heavy atom. The van der Waals surface area contributed by atoms with Crippen molar-refractivity contribution in [2.24, 2.45) is 0 Å². The van der Waals surface area contributed by atoms with Crippen molar-refractivity contribution in [3.8, 4) is 5.75 Å². The average Bonchev–Trinajstić information content (AvgIpc) is 2.97. The van der Waals surface area contributed by atoms with Crippen molar-refractivity contribution < 1.29 is 22.4 Å². The molecule has 1 aliphatic rings. The number of nitrogens with zero attached hydrogens (tertiary/aromatic N) is 1. The van der Waals surface area contributed by atoms with Gasteiger partial charge < -0.3 is 14.1 Å². The lowest BCUT2D eigenvalue weighted by atomic mass is 10.1. The predicted octanol–water partition coefficient (Wildman–Crippen LogP) is 2.49. The summed E-state index contributed by atoms with van der Waals surface area (Å²) in [4.78, 5) is 14.1. The molecule has 2 heterocycles. The van der Waals surface area contributed by atoms with Gasteiger partial charge in [0.25, 0.3) is 5.91 Å². The third-order valence-electron chi connectivity index (χ3n) is 3.97. The molecule has 3 rings (SSSR count). The summed E-state index contributed by atoms with van der Waals surface area (Å²) in [5.74, 6) is 0.625. The van der Waals surface area contributed by atoms with Gasteiger partial charge in [-0.3, -0.25) is 4.79 Å². The molecule has 0 atom stereocenters. The van der Waals surface area contributed by atoms with E-state index >= 15 is 0 Å². The maximum Gasteiger partial charge on any atom is 0.255 e. The first kappa shape index (κ1) is 17.0. The molecule has 1 fully saturated rings. The third-order valence-corrected chi connectivity index (χ3v) is 6.66. The molecule has 24 heavy (non-hydrogen) atoms. The lowest BCUT2D eigenvalue weighted by molar-refractivity contribution is 0.0657. The van der Waals surface area contributed by atoms with Crippen molar-refractivity contribution in [1.29, 1.82) is 0 Å². The van der Waals surface area contributed by atoms with Crippen LogP contribution in [0.25, 0.3) is 0 Å². The molecular formula is C16H16BrNO5S. The Morgan fingerprint density at radius 1 is 1.38 bits per heavy atom. The first-order valence-electron chi connectivity index (χ1n) is 7.27. The van der Waals surface area contributed by atoms with E-state index in [2.05, 4.69) is 15.9 Å². The molecular weight excluding hydrogens is 398 g/mol. The van der Waals surface area contributed by atoms with Gasteiger partial charge in [-0.2, -0.15) is 0 Å². The van der Waals surface area contributed by atoms with Gasteiger partial charge in [0.1, 0.15) is 17.3 Å². The molecule has 6 nitrogen and oxygen atoms in total. The summed E-state index contributed by atoms with van der Waals surface area (Å²) in [6, 6.07) is 8.40. The van der Waals surface area contributed by atoms with Crippen LogP contribution < -0.4 is 4.74 Å². The van der Waals surface area contributed by atoms with E-state index in [4.69, 9.17) is 9.15 Å². The molecule has 0 unspecified atom stereocenters.